The fourth-order valence-corrected chi connectivity index (χ4v) is 2.92. The lowest BCUT2D eigenvalue weighted by Crippen LogP contribution is -2.21. The van der Waals surface area contributed by atoms with Crippen LogP contribution in [0.5, 0.6) is 5.75 Å². The Morgan fingerprint density at radius 2 is 1.71 bits per heavy atom. The molecule has 0 radical (unpaired) electrons. The van der Waals surface area contributed by atoms with E-state index in [1.807, 2.05) is 55.5 Å². The van der Waals surface area contributed by atoms with Crippen molar-refractivity contribution in [2.24, 2.45) is 0 Å². The standard InChI is InChI=1S/C21H23NO2/c1-2-24-21-13-12-16-8-6-7-11-18(16)19(21)14-22-15-20(23)17-9-4-3-5-10-17/h3-13,20,22-23H,2,14-15H2,1H3/t20-/m1/s1. The summed E-state index contributed by atoms with van der Waals surface area (Å²) in [5, 5.41) is 16.0. The first-order valence-electron chi connectivity index (χ1n) is 8.36. The maximum Gasteiger partial charge on any atom is 0.124 e. The molecule has 0 fully saturated rings. The van der Waals surface area contributed by atoms with E-state index in [0.717, 1.165) is 16.9 Å². The summed E-state index contributed by atoms with van der Waals surface area (Å²) >= 11 is 0. The molecule has 3 rings (SSSR count). The first-order valence-corrected chi connectivity index (χ1v) is 8.36. The van der Waals surface area contributed by atoms with Gasteiger partial charge in [-0.25, -0.2) is 0 Å². The molecule has 0 unspecified atom stereocenters. The van der Waals surface area contributed by atoms with Gasteiger partial charge in [-0.15, -0.1) is 0 Å². The molecule has 0 aromatic heterocycles. The van der Waals surface area contributed by atoms with Crippen LogP contribution < -0.4 is 10.1 Å². The van der Waals surface area contributed by atoms with Crippen molar-refractivity contribution in [2.75, 3.05) is 13.2 Å². The number of aliphatic hydroxyl groups is 1. The van der Waals surface area contributed by atoms with Gasteiger partial charge in [0.2, 0.25) is 0 Å². The second-order valence-electron chi connectivity index (χ2n) is 5.75. The molecule has 3 heteroatoms. The Kier molecular flexibility index (Phi) is 5.47. The molecule has 2 N–H and O–H groups in total. The molecule has 0 aliphatic heterocycles. The molecule has 0 amide bonds. The third-order valence-electron chi connectivity index (χ3n) is 4.12. The first-order chi connectivity index (χ1) is 11.8. The van der Waals surface area contributed by atoms with Crippen molar-refractivity contribution >= 4 is 10.8 Å². The Morgan fingerprint density at radius 3 is 2.50 bits per heavy atom. The van der Waals surface area contributed by atoms with Gasteiger partial charge in [-0.2, -0.15) is 0 Å². The number of hydrogen-bond acceptors (Lipinski definition) is 3. The van der Waals surface area contributed by atoms with E-state index in [1.165, 1.54) is 10.8 Å². The Hall–Kier alpha value is -2.36. The minimum Gasteiger partial charge on any atom is -0.494 e. The number of nitrogens with one attached hydrogen (secondary N) is 1. The van der Waals surface area contributed by atoms with Crippen molar-refractivity contribution in [3.05, 3.63) is 77.9 Å². The van der Waals surface area contributed by atoms with Crippen LogP contribution in [0.3, 0.4) is 0 Å². The van der Waals surface area contributed by atoms with E-state index in [2.05, 4.69) is 23.5 Å². The van der Waals surface area contributed by atoms with Gasteiger partial charge >= 0.3 is 0 Å². The molecule has 0 spiro atoms. The maximum absolute atomic E-state index is 10.3. The zero-order chi connectivity index (χ0) is 16.8. The van der Waals surface area contributed by atoms with Crippen LogP contribution >= 0.6 is 0 Å². The van der Waals surface area contributed by atoms with E-state index >= 15 is 0 Å². The molecular weight excluding hydrogens is 298 g/mol. The van der Waals surface area contributed by atoms with Gasteiger partial charge in [-0.1, -0.05) is 60.7 Å². The van der Waals surface area contributed by atoms with Gasteiger partial charge in [-0.05, 0) is 29.3 Å². The summed E-state index contributed by atoms with van der Waals surface area (Å²) in [5.74, 6) is 0.901. The van der Waals surface area contributed by atoms with Crippen LogP contribution in [0.1, 0.15) is 24.2 Å². The van der Waals surface area contributed by atoms with Crippen LogP contribution in [-0.4, -0.2) is 18.3 Å². The molecule has 0 saturated carbocycles. The largest absolute Gasteiger partial charge is 0.494 e. The molecule has 3 aromatic carbocycles. The predicted molar refractivity (Wildman–Crippen MR) is 98.2 cm³/mol. The molecule has 0 aliphatic carbocycles. The quantitative estimate of drug-likeness (QED) is 0.689. The van der Waals surface area contributed by atoms with Crippen LogP contribution in [0, 0.1) is 0 Å². The summed E-state index contributed by atoms with van der Waals surface area (Å²) in [6.07, 6.45) is -0.517. The third kappa shape index (κ3) is 3.75. The van der Waals surface area contributed by atoms with Crippen LogP contribution in [-0.2, 0) is 6.54 Å². The third-order valence-corrected chi connectivity index (χ3v) is 4.12. The number of aliphatic hydroxyl groups excluding tert-OH is 1. The molecule has 3 nitrogen and oxygen atoms in total. The SMILES string of the molecule is CCOc1ccc2ccccc2c1CNC[C@@H](O)c1ccccc1. The van der Waals surface area contributed by atoms with Gasteiger partial charge in [0, 0.05) is 18.7 Å². The Balaban J connectivity index is 1.75. The highest BCUT2D eigenvalue weighted by Gasteiger charge is 2.10. The normalized spacial score (nSPS) is 12.2. The highest BCUT2D eigenvalue weighted by molar-refractivity contribution is 5.87. The lowest BCUT2D eigenvalue weighted by molar-refractivity contribution is 0.174. The van der Waals surface area contributed by atoms with Gasteiger partial charge in [0.05, 0.1) is 12.7 Å². The molecule has 0 bridgehead atoms. The lowest BCUT2D eigenvalue weighted by Gasteiger charge is -2.16. The van der Waals surface area contributed by atoms with E-state index in [1.54, 1.807) is 0 Å². The number of ether oxygens (including phenoxy) is 1. The Bertz CT molecular complexity index is 786. The fraction of sp³-hybridized carbons (Fsp3) is 0.238. The zero-order valence-corrected chi connectivity index (χ0v) is 13.9. The van der Waals surface area contributed by atoms with E-state index in [4.69, 9.17) is 4.74 Å². The average molecular weight is 321 g/mol. The van der Waals surface area contributed by atoms with Crippen LogP contribution in [0.25, 0.3) is 10.8 Å². The average Bonchev–Trinajstić information content (AvgIpc) is 2.64. The summed E-state index contributed by atoms with van der Waals surface area (Å²) < 4.78 is 5.78. The fourth-order valence-electron chi connectivity index (χ4n) is 2.92. The molecule has 0 aliphatic rings. The molecule has 0 heterocycles. The topological polar surface area (TPSA) is 41.5 Å². The lowest BCUT2D eigenvalue weighted by atomic mass is 10.0. The molecule has 24 heavy (non-hydrogen) atoms. The van der Waals surface area contributed by atoms with Crippen LogP contribution in [0.15, 0.2) is 66.7 Å². The maximum atomic E-state index is 10.3. The summed E-state index contributed by atoms with van der Waals surface area (Å²) in [6.45, 7) is 3.78. The second kappa shape index (κ2) is 7.95. The Morgan fingerprint density at radius 1 is 0.958 bits per heavy atom. The van der Waals surface area contributed by atoms with E-state index in [-0.39, 0.29) is 0 Å². The number of rotatable bonds is 7. The highest BCUT2D eigenvalue weighted by atomic mass is 16.5. The summed E-state index contributed by atoms with van der Waals surface area (Å²) in [7, 11) is 0. The van der Waals surface area contributed by atoms with Crippen molar-refractivity contribution in [3.8, 4) is 5.75 Å². The van der Waals surface area contributed by atoms with Crippen molar-refractivity contribution in [1.82, 2.24) is 5.32 Å². The van der Waals surface area contributed by atoms with Crippen LogP contribution in [0.2, 0.25) is 0 Å². The summed E-state index contributed by atoms with van der Waals surface area (Å²) in [4.78, 5) is 0. The molecule has 124 valence electrons. The minimum absolute atomic E-state index is 0.499. The number of hydrogen-bond donors (Lipinski definition) is 2. The minimum atomic E-state index is -0.517. The summed E-state index contributed by atoms with van der Waals surface area (Å²) in [5.41, 5.74) is 2.06. The smallest absolute Gasteiger partial charge is 0.124 e. The van der Waals surface area contributed by atoms with E-state index < -0.39 is 6.10 Å². The van der Waals surface area contributed by atoms with Crippen LogP contribution in [0.4, 0.5) is 0 Å². The highest BCUT2D eigenvalue weighted by Crippen LogP contribution is 2.28. The van der Waals surface area contributed by atoms with Crippen molar-refractivity contribution < 1.29 is 9.84 Å². The van der Waals surface area contributed by atoms with Gasteiger partial charge in [0.15, 0.2) is 0 Å². The number of fused-ring (bicyclic) bond motifs is 1. The van der Waals surface area contributed by atoms with Crippen molar-refractivity contribution in [2.45, 2.75) is 19.6 Å². The number of benzene rings is 3. The molecular formula is C21H23NO2. The molecule has 0 saturated heterocycles. The van der Waals surface area contributed by atoms with E-state index in [9.17, 15) is 5.11 Å². The second-order valence-corrected chi connectivity index (χ2v) is 5.75. The van der Waals surface area contributed by atoms with Gasteiger partial charge in [0.25, 0.3) is 0 Å². The van der Waals surface area contributed by atoms with E-state index in [0.29, 0.717) is 19.7 Å². The summed E-state index contributed by atoms with van der Waals surface area (Å²) in [6, 6.07) is 22.1. The Labute approximate surface area is 142 Å². The molecule has 3 aromatic rings. The van der Waals surface area contributed by atoms with Gasteiger partial charge in [0.1, 0.15) is 5.75 Å². The van der Waals surface area contributed by atoms with Crippen molar-refractivity contribution in [3.63, 3.8) is 0 Å². The zero-order valence-electron chi connectivity index (χ0n) is 13.9. The first kappa shape index (κ1) is 16.5. The monoisotopic (exact) mass is 321 g/mol. The molecule has 1 atom stereocenters. The van der Waals surface area contributed by atoms with Gasteiger partial charge in [-0.3, -0.25) is 0 Å². The predicted octanol–water partition coefficient (Wildman–Crippen LogP) is 4.06. The van der Waals surface area contributed by atoms with Gasteiger partial charge < -0.3 is 15.2 Å². The van der Waals surface area contributed by atoms with Crippen molar-refractivity contribution in [1.29, 1.82) is 0 Å².